The van der Waals surface area contributed by atoms with Gasteiger partial charge in [-0.05, 0) is 25.7 Å². The first-order chi connectivity index (χ1) is 11.9. The Balaban J connectivity index is 1.85. The van der Waals surface area contributed by atoms with Gasteiger partial charge in [-0.15, -0.1) is 0 Å². The van der Waals surface area contributed by atoms with E-state index in [1.54, 1.807) is 0 Å². The normalized spacial score (nSPS) is 24.0. The lowest BCUT2D eigenvalue weighted by Crippen LogP contribution is -2.32. The van der Waals surface area contributed by atoms with Gasteiger partial charge in [0.1, 0.15) is 0 Å². The average molecular weight is 361 g/mol. The minimum absolute atomic E-state index is 0.171. The average Bonchev–Trinajstić information content (AvgIpc) is 3.01. The van der Waals surface area contributed by atoms with Crippen molar-refractivity contribution in [3.8, 4) is 5.75 Å². The number of hydrogen-bond acceptors (Lipinski definition) is 3. The smallest absolute Gasteiger partial charge is 0.222 e. The van der Waals surface area contributed by atoms with Gasteiger partial charge in [0.25, 0.3) is 0 Å². The van der Waals surface area contributed by atoms with Crippen LogP contribution in [0.25, 0.3) is 0 Å². The zero-order chi connectivity index (χ0) is 18.2. The molecule has 1 spiro atoms. The second-order valence-electron chi connectivity index (χ2n) is 6.47. The molecule has 1 aromatic rings. The molecule has 0 saturated carbocycles. The molecule has 25 heavy (non-hydrogen) atoms. The molecule has 138 valence electrons. The third-order valence-corrected chi connectivity index (χ3v) is 5.04. The van der Waals surface area contributed by atoms with Gasteiger partial charge in [-0.2, -0.15) is 8.78 Å². The summed E-state index contributed by atoms with van der Waals surface area (Å²) in [6, 6.07) is 0. The van der Waals surface area contributed by atoms with Gasteiger partial charge in [0.15, 0.2) is 17.4 Å². The van der Waals surface area contributed by atoms with Crippen molar-refractivity contribution >= 4 is 5.91 Å². The van der Waals surface area contributed by atoms with Crippen molar-refractivity contribution in [2.24, 2.45) is 0 Å². The quantitative estimate of drug-likeness (QED) is 0.612. The zero-order valence-electron chi connectivity index (χ0n) is 13.8. The minimum Gasteiger partial charge on any atom is -0.491 e. The number of methoxy groups -OCH3 is 1. The molecule has 2 fully saturated rings. The molecule has 1 atom stereocenters. The van der Waals surface area contributed by atoms with Crippen molar-refractivity contribution in [1.29, 1.82) is 0 Å². The summed E-state index contributed by atoms with van der Waals surface area (Å²) in [5.41, 5.74) is -1.19. The Kier molecular flexibility index (Phi) is 4.90. The largest absolute Gasteiger partial charge is 0.491 e. The van der Waals surface area contributed by atoms with Crippen molar-refractivity contribution in [2.45, 2.75) is 44.2 Å². The lowest BCUT2D eigenvalue weighted by Gasteiger charge is -2.27. The molecule has 4 nitrogen and oxygen atoms in total. The van der Waals surface area contributed by atoms with Crippen LogP contribution in [0.4, 0.5) is 17.6 Å². The predicted octanol–water partition coefficient (Wildman–Crippen LogP) is 3.31. The zero-order valence-corrected chi connectivity index (χ0v) is 13.8. The van der Waals surface area contributed by atoms with Crippen molar-refractivity contribution < 1.29 is 31.8 Å². The Bertz CT molecular complexity index is 660. The molecule has 2 saturated heterocycles. The van der Waals surface area contributed by atoms with Gasteiger partial charge >= 0.3 is 0 Å². The topological polar surface area (TPSA) is 38.8 Å². The molecular formula is C17H19F4NO3. The van der Waals surface area contributed by atoms with Crippen LogP contribution in [0.5, 0.6) is 5.75 Å². The van der Waals surface area contributed by atoms with E-state index >= 15 is 0 Å². The van der Waals surface area contributed by atoms with Gasteiger partial charge in [-0.1, -0.05) is 0 Å². The van der Waals surface area contributed by atoms with Gasteiger partial charge in [-0.25, -0.2) is 8.78 Å². The first-order valence-corrected chi connectivity index (χ1v) is 8.19. The van der Waals surface area contributed by atoms with Crippen molar-refractivity contribution in [1.82, 2.24) is 4.90 Å². The number of hydrogen-bond donors (Lipinski definition) is 0. The predicted molar refractivity (Wildman–Crippen MR) is 80.0 cm³/mol. The van der Waals surface area contributed by atoms with E-state index in [-0.39, 0.29) is 24.5 Å². The summed E-state index contributed by atoms with van der Waals surface area (Å²) in [6.07, 6.45) is 2.99. The third-order valence-electron chi connectivity index (χ3n) is 5.04. The molecule has 0 aromatic heterocycles. The molecule has 0 aliphatic carbocycles. The highest BCUT2D eigenvalue weighted by atomic mass is 19.2. The van der Waals surface area contributed by atoms with Crippen LogP contribution in [0.3, 0.4) is 0 Å². The standard InChI is InChI=1S/C17H19F4NO3/c1-24-16-14(20)12(18)10(13(19)15(16)21)9-22-7-6-17(4-2-8-25-17)5-3-11(22)23/h2-9H2,1H3. The Morgan fingerprint density at radius 3 is 2.32 bits per heavy atom. The van der Waals surface area contributed by atoms with E-state index < -0.39 is 41.1 Å². The maximum absolute atomic E-state index is 14.1. The molecule has 2 aliphatic heterocycles. The van der Waals surface area contributed by atoms with Crippen molar-refractivity contribution in [3.05, 3.63) is 28.8 Å². The summed E-state index contributed by atoms with van der Waals surface area (Å²) in [4.78, 5) is 13.5. The van der Waals surface area contributed by atoms with Gasteiger partial charge in [0, 0.05) is 25.1 Å². The van der Waals surface area contributed by atoms with Crippen LogP contribution in [0, 0.1) is 23.3 Å². The number of carbonyl (C=O) groups is 1. The molecule has 2 heterocycles. The number of likely N-dealkylation sites (tertiary alicyclic amines) is 1. The van der Waals surface area contributed by atoms with E-state index in [0.717, 1.165) is 20.0 Å². The molecule has 1 amide bonds. The Labute approximate surface area is 142 Å². The Morgan fingerprint density at radius 2 is 1.76 bits per heavy atom. The van der Waals surface area contributed by atoms with Crippen LogP contribution in [0.2, 0.25) is 0 Å². The highest BCUT2D eigenvalue weighted by molar-refractivity contribution is 5.76. The molecule has 0 N–H and O–H groups in total. The molecule has 2 aliphatic rings. The Hall–Kier alpha value is -1.83. The highest BCUT2D eigenvalue weighted by Gasteiger charge is 2.39. The fraction of sp³-hybridized carbons (Fsp3) is 0.588. The monoisotopic (exact) mass is 361 g/mol. The lowest BCUT2D eigenvalue weighted by molar-refractivity contribution is -0.131. The van der Waals surface area contributed by atoms with Crippen LogP contribution < -0.4 is 4.74 Å². The van der Waals surface area contributed by atoms with E-state index in [1.807, 2.05) is 0 Å². The van der Waals surface area contributed by atoms with Crippen LogP contribution >= 0.6 is 0 Å². The molecule has 0 bridgehead atoms. The second-order valence-corrected chi connectivity index (χ2v) is 6.47. The fourth-order valence-electron chi connectivity index (χ4n) is 3.56. The summed E-state index contributed by atoms with van der Waals surface area (Å²) in [7, 11) is 0.916. The number of ether oxygens (including phenoxy) is 2. The molecule has 1 unspecified atom stereocenters. The van der Waals surface area contributed by atoms with Crippen LogP contribution in [-0.2, 0) is 16.1 Å². The van der Waals surface area contributed by atoms with Gasteiger partial charge < -0.3 is 14.4 Å². The third kappa shape index (κ3) is 3.19. The van der Waals surface area contributed by atoms with E-state index in [0.29, 0.717) is 19.4 Å². The molecule has 3 rings (SSSR count). The minimum atomic E-state index is -1.60. The molecule has 1 aromatic carbocycles. The van der Waals surface area contributed by atoms with Crippen LogP contribution in [0.15, 0.2) is 0 Å². The number of amides is 1. The van der Waals surface area contributed by atoms with E-state index in [2.05, 4.69) is 4.74 Å². The van der Waals surface area contributed by atoms with E-state index in [1.165, 1.54) is 4.90 Å². The first kappa shape index (κ1) is 18.0. The van der Waals surface area contributed by atoms with Crippen molar-refractivity contribution in [3.63, 3.8) is 0 Å². The molecular weight excluding hydrogens is 342 g/mol. The number of rotatable bonds is 3. The van der Waals surface area contributed by atoms with E-state index in [4.69, 9.17) is 4.74 Å². The summed E-state index contributed by atoms with van der Waals surface area (Å²) < 4.78 is 66.1. The van der Waals surface area contributed by atoms with Crippen LogP contribution in [0.1, 0.15) is 37.7 Å². The lowest BCUT2D eigenvalue weighted by atomic mass is 9.92. The molecule has 0 radical (unpaired) electrons. The second kappa shape index (κ2) is 6.82. The SMILES string of the molecule is COc1c(F)c(F)c(CN2CCC3(CCCO3)CCC2=O)c(F)c1F. The molecule has 8 heteroatoms. The number of nitrogens with zero attached hydrogens (tertiary/aromatic N) is 1. The van der Waals surface area contributed by atoms with Gasteiger partial charge in [0.05, 0.1) is 19.3 Å². The summed E-state index contributed by atoms with van der Waals surface area (Å²) in [5.74, 6) is -7.72. The summed E-state index contributed by atoms with van der Waals surface area (Å²) >= 11 is 0. The fourth-order valence-corrected chi connectivity index (χ4v) is 3.56. The van der Waals surface area contributed by atoms with Gasteiger partial charge in [-0.3, -0.25) is 4.79 Å². The highest BCUT2D eigenvalue weighted by Crippen LogP contribution is 2.37. The maximum atomic E-state index is 14.1. The van der Waals surface area contributed by atoms with Crippen molar-refractivity contribution in [2.75, 3.05) is 20.3 Å². The Morgan fingerprint density at radius 1 is 1.08 bits per heavy atom. The maximum Gasteiger partial charge on any atom is 0.222 e. The number of benzene rings is 1. The first-order valence-electron chi connectivity index (χ1n) is 8.19. The number of halogens is 4. The number of carbonyl (C=O) groups excluding carboxylic acids is 1. The summed E-state index contributed by atoms with van der Waals surface area (Å²) in [5, 5.41) is 0. The van der Waals surface area contributed by atoms with Crippen LogP contribution in [-0.4, -0.2) is 36.7 Å². The van der Waals surface area contributed by atoms with Gasteiger partial charge in [0.2, 0.25) is 17.5 Å². The summed E-state index contributed by atoms with van der Waals surface area (Å²) in [6.45, 7) is 0.309. The van der Waals surface area contributed by atoms with E-state index in [9.17, 15) is 22.4 Å².